The average Bonchev–Trinajstić information content (AvgIpc) is 2.95. The van der Waals surface area contributed by atoms with Gasteiger partial charge in [-0.2, -0.15) is 21.6 Å². The van der Waals surface area contributed by atoms with Crippen LogP contribution in [0.2, 0.25) is 0 Å². The minimum Gasteiger partial charge on any atom is -0.361 e. The summed E-state index contributed by atoms with van der Waals surface area (Å²) < 4.78 is 74.3. The van der Waals surface area contributed by atoms with E-state index < -0.39 is 28.2 Å². The van der Waals surface area contributed by atoms with E-state index in [1.807, 2.05) is 0 Å². The molecule has 2 aromatic carbocycles. The minimum absolute atomic E-state index is 0.148. The fourth-order valence-electron chi connectivity index (χ4n) is 2.57. The van der Waals surface area contributed by atoms with E-state index in [9.17, 15) is 21.6 Å². The lowest BCUT2D eigenvalue weighted by Crippen LogP contribution is -2.13. The lowest BCUT2D eigenvalue weighted by Gasteiger charge is -2.16. The zero-order valence-corrected chi connectivity index (χ0v) is 13.3. The fraction of sp³-hybridized carbons (Fsp3) is 0.125. The van der Waals surface area contributed by atoms with Crippen molar-refractivity contribution in [2.75, 3.05) is 0 Å². The lowest BCUT2D eigenvalue weighted by atomic mass is 10.00. The summed E-state index contributed by atoms with van der Waals surface area (Å²) in [7, 11) is -4.84. The SMILES string of the molecule is O=S(=O)(O)OC(c1ccc(C(F)(F)F)cc1)c1c[nH]c2ccccc12. The van der Waals surface area contributed by atoms with Crippen molar-refractivity contribution >= 4 is 21.3 Å². The van der Waals surface area contributed by atoms with Gasteiger partial charge < -0.3 is 4.98 Å². The first-order valence-electron chi connectivity index (χ1n) is 7.04. The molecule has 0 saturated carbocycles. The number of hydrogen-bond acceptors (Lipinski definition) is 3. The van der Waals surface area contributed by atoms with Crippen molar-refractivity contribution in [3.8, 4) is 0 Å². The van der Waals surface area contributed by atoms with Gasteiger partial charge in [0.2, 0.25) is 0 Å². The molecule has 3 aromatic rings. The molecule has 9 heteroatoms. The Morgan fingerprint density at radius 2 is 1.68 bits per heavy atom. The summed E-state index contributed by atoms with van der Waals surface area (Å²) in [4.78, 5) is 2.92. The topological polar surface area (TPSA) is 79.4 Å². The van der Waals surface area contributed by atoms with Gasteiger partial charge in [0.05, 0.1) is 5.56 Å². The molecule has 132 valence electrons. The second kappa shape index (κ2) is 6.17. The Labute approximate surface area is 141 Å². The molecule has 1 unspecified atom stereocenters. The van der Waals surface area contributed by atoms with Crippen LogP contribution in [0.15, 0.2) is 54.7 Å². The first kappa shape index (κ1) is 17.5. The van der Waals surface area contributed by atoms with Crippen LogP contribution in [0.1, 0.15) is 22.8 Å². The highest BCUT2D eigenvalue weighted by Crippen LogP contribution is 2.35. The number of fused-ring (bicyclic) bond motifs is 1. The van der Waals surface area contributed by atoms with Crippen molar-refractivity contribution < 1.29 is 30.3 Å². The summed E-state index contributed by atoms with van der Waals surface area (Å²) in [6, 6.07) is 10.8. The number of halogens is 3. The van der Waals surface area contributed by atoms with Gasteiger partial charge in [-0.05, 0) is 23.8 Å². The largest absolute Gasteiger partial charge is 0.416 e. The van der Waals surface area contributed by atoms with Crippen molar-refractivity contribution in [2.24, 2.45) is 0 Å². The fourth-order valence-corrected chi connectivity index (χ4v) is 3.02. The Bertz CT molecular complexity index is 994. The number of aromatic amines is 1. The standard InChI is InChI=1S/C16H12F3NO4S/c17-16(18,19)11-7-5-10(6-8-11)15(24-25(21,22)23)13-9-20-14-4-2-1-3-12(13)14/h1-9,15,20H,(H,21,22,23). The molecule has 0 fully saturated rings. The second-order valence-corrected chi connectivity index (χ2v) is 6.36. The van der Waals surface area contributed by atoms with Crippen molar-refractivity contribution in [1.82, 2.24) is 4.98 Å². The van der Waals surface area contributed by atoms with E-state index in [4.69, 9.17) is 8.74 Å². The maximum absolute atomic E-state index is 12.7. The quantitative estimate of drug-likeness (QED) is 0.677. The summed E-state index contributed by atoms with van der Waals surface area (Å²) in [6.45, 7) is 0. The highest BCUT2D eigenvalue weighted by molar-refractivity contribution is 7.80. The van der Waals surface area contributed by atoms with Gasteiger partial charge in [0.25, 0.3) is 0 Å². The zero-order chi connectivity index (χ0) is 18.2. The summed E-state index contributed by atoms with van der Waals surface area (Å²) in [6.07, 6.45) is -4.33. The van der Waals surface area contributed by atoms with Crippen LogP contribution in [0.4, 0.5) is 13.2 Å². The third-order valence-corrected chi connectivity index (χ3v) is 4.10. The first-order chi connectivity index (χ1) is 11.6. The number of rotatable bonds is 4. The second-order valence-electron chi connectivity index (χ2n) is 5.31. The van der Waals surface area contributed by atoms with Crippen LogP contribution in [-0.2, 0) is 20.8 Å². The van der Waals surface area contributed by atoms with E-state index in [-0.39, 0.29) is 5.56 Å². The predicted octanol–water partition coefficient (Wildman–Crippen LogP) is 4.10. The van der Waals surface area contributed by atoms with E-state index >= 15 is 0 Å². The van der Waals surface area contributed by atoms with Gasteiger partial charge in [-0.1, -0.05) is 30.3 Å². The number of aromatic nitrogens is 1. The lowest BCUT2D eigenvalue weighted by molar-refractivity contribution is -0.137. The highest BCUT2D eigenvalue weighted by atomic mass is 32.3. The molecule has 0 aliphatic heterocycles. The van der Waals surface area contributed by atoms with Crippen LogP contribution in [0, 0.1) is 0 Å². The van der Waals surface area contributed by atoms with E-state index in [1.54, 1.807) is 24.3 Å². The van der Waals surface area contributed by atoms with Crippen LogP contribution >= 0.6 is 0 Å². The molecule has 0 aliphatic rings. The van der Waals surface area contributed by atoms with Crippen molar-refractivity contribution in [1.29, 1.82) is 0 Å². The summed E-state index contributed by atoms with van der Waals surface area (Å²) in [5, 5.41) is 0.621. The number of para-hydroxylation sites is 1. The van der Waals surface area contributed by atoms with Gasteiger partial charge in [-0.15, -0.1) is 0 Å². The van der Waals surface area contributed by atoms with Gasteiger partial charge in [-0.25, -0.2) is 4.18 Å². The van der Waals surface area contributed by atoms with Crippen LogP contribution in [0.3, 0.4) is 0 Å². The monoisotopic (exact) mass is 371 g/mol. The van der Waals surface area contributed by atoms with E-state index in [0.717, 1.165) is 24.3 Å². The third-order valence-electron chi connectivity index (χ3n) is 3.66. The Kier molecular flexibility index (Phi) is 4.31. The molecular formula is C16H12F3NO4S. The van der Waals surface area contributed by atoms with E-state index in [0.29, 0.717) is 16.5 Å². The van der Waals surface area contributed by atoms with Crippen molar-refractivity contribution in [3.05, 3.63) is 71.4 Å². The third kappa shape index (κ3) is 3.84. The van der Waals surface area contributed by atoms with Crippen molar-refractivity contribution in [2.45, 2.75) is 12.3 Å². The number of H-pyrrole nitrogens is 1. The summed E-state index contributed by atoms with van der Waals surface area (Å²) in [5.41, 5.74) is 0.331. The smallest absolute Gasteiger partial charge is 0.361 e. The molecule has 0 bridgehead atoms. The molecule has 1 atom stereocenters. The van der Waals surface area contributed by atoms with Crippen molar-refractivity contribution in [3.63, 3.8) is 0 Å². The zero-order valence-electron chi connectivity index (χ0n) is 12.5. The Balaban J connectivity index is 2.09. The Hall–Kier alpha value is -2.36. The average molecular weight is 371 g/mol. The molecule has 3 rings (SSSR count). The summed E-state index contributed by atoms with van der Waals surface area (Å²) in [5.74, 6) is 0. The molecule has 25 heavy (non-hydrogen) atoms. The van der Waals surface area contributed by atoms with Gasteiger partial charge >= 0.3 is 16.6 Å². The highest BCUT2D eigenvalue weighted by Gasteiger charge is 2.31. The van der Waals surface area contributed by atoms with Crippen LogP contribution < -0.4 is 0 Å². The molecule has 0 radical (unpaired) electrons. The molecule has 1 aromatic heterocycles. The molecule has 0 amide bonds. The normalized spacial score (nSPS) is 13.9. The maximum atomic E-state index is 12.7. The maximum Gasteiger partial charge on any atom is 0.416 e. The first-order valence-corrected chi connectivity index (χ1v) is 8.40. The predicted molar refractivity (Wildman–Crippen MR) is 84.2 cm³/mol. The number of nitrogens with one attached hydrogen (secondary N) is 1. The van der Waals surface area contributed by atoms with Gasteiger partial charge in [0, 0.05) is 22.7 Å². The van der Waals surface area contributed by atoms with Gasteiger partial charge in [0.1, 0.15) is 6.10 Å². The Morgan fingerprint density at radius 3 is 2.28 bits per heavy atom. The van der Waals surface area contributed by atoms with Gasteiger partial charge in [-0.3, -0.25) is 4.55 Å². The molecular weight excluding hydrogens is 359 g/mol. The number of benzene rings is 2. The van der Waals surface area contributed by atoms with Crippen LogP contribution in [0.25, 0.3) is 10.9 Å². The van der Waals surface area contributed by atoms with E-state index in [2.05, 4.69) is 4.98 Å². The van der Waals surface area contributed by atoms with Crippen LogP contribution in [0.5, 0.6) is 0 Å². The minimum atomic E-state index is -4.84. The molecule has 0 spiro atoms. The molecule has 5 nitrogen and oxygen atoms in total. The molecule has 0 saturated heterocycles. The number of alkyl halides is 3. The molecule has 2 N–H and O–H groups in total. The van der Waals surface area contributed by atoms with Crippen LogP contribution in [-0.4, -0.2) is 18.0 Å². The Morgan fingerprint density at radius 1 is 1.04 bits per heavy atom. The summed E-state index contributed by atoms with van der Waals surface area (Å²) >= 11 is 0. The molecule has 0 aliphatic carbocycles. The van der Waals surface area contributed by atoms with E-state index in [1.165, 1.54) is 6.20 Å². The number of hydrogen-bond donors (Lipinski definition) is 2. The molecule has 1 heterocycles. The van der Waals surface area contributed by atoms with Gasteiger partial charge in [0.15, 0.2) is 0 Å².